The highest BCUT2D eigenvalue weighted by molar-refractivity contribution is 5.35. The Balaban J connectivity index is 2.03. The van der Waals surface area contributed by atoms with E-state index in [4.69, 9.17) is 5.73 Å². The second-order valence-corrected chi connectivity index (χ2v) is 4.59. The molecule has 0 fully saturated rings. The first-order valence-corrected chi connectivity index (χ1v) is 6.33. The first kappa shape index (κ1) is 13.4. The molecule has 1 aromatic heterocycles. The van der Waals surface area contributed by atoms with Gasteiger partial charge < -0.3 is 5.73 Å². The number of hydrogen-bond donors (Lipinski definition) is 1. The van der Waals surface area contributed by atoms with Crippen LogP contribution >= 0.6 is 0 Å². The Hall–Kier alpha value is -2.60. The van der Waals surface area contributed by atoms with E-state index in [1.165, 1.54) is 18.3 Å². The van der Waals surface area contributed by atoms with Crippen molar-refractivity contribution in [3.8, 4) is 5.69 Å². The van der Waals surface area contributed by atoms with Gasteiger partial charge in [-0.2, -0.15) is 0 Å². The number of halogens is 2. The molecule has 1 unspecified atom stereocenters. The minimum absolute atomic E-state index is 0.326. The minimum atomic E-state index is -0.731. The van der Waals surface area contributed by atoms with E-state index in [9.17, 15) is 8.78 Å². The summed E-state index contributed by atoms with van der Waals surface area (Å²) >= 11 is 0. The van der Waals surface area contributed by atoms with Gasteiger partial charge in [0.05, 0.1) is 23.6 Å². The number of hydrogen-bond acceptors (Lipinski definition) is 3. The quantitative estimate of drug-likeness (QED) is 0.805. The van der Waals surface area contributed by atoms with Gasteiger partial charge in [-0.25, -0.2) is 13.5 Å². The fourth-order valence-corrected chi connectivity index (χ4v) is 2.15. The van der Waals surface area contributed by atoms with Gasteiger partial charge in [-0.05, 0) is 29.8 Å². The maximum absolute atomic E-state index is 13.3. The van der Waals surface area contributed by atoms with Crippen molar-refractivity contribution in [2.75, 3.05) is 0 Å². The molecule has 0 radical (unpaired) electrons. The van der Waals surface area contributed by atoms with E-state index in [0.717, 1.165) is 11.8 Å². The van der Waals surface area contributed by atoms with E-state index < -0.39 is 17.7 Å². The van der Waals surface area contributed by atoms with E-state index >= 15 is 0 Å². The van der Waals surface area contributed by atoms with Crippen molar-refractivity contribution in [3.63, 3.8) is 0 Å². The highest BCUT2D eigenvalue weighted by Gasteiger charge is 2.17. The van der Waals surface area contributed by atoms with Gasteiger partial charge in [0.15, 0.2) is 0 Å². The van der Waals surface area contributed by atoms with Crippen molar-refractivity contribution in [2.24, 2.45) is 5.73 Å². The molecule has 0 saturated carbocycles. The molecule has 3 rings (SSSR count). The van der Waals surface area contributed by atoms with E-state index in [0.29, 0.717) is 11.3 Å². The van der Waals surface area contributed by atoms with Crippen LogP contribution in [0.3, 0.4) is 0 Å². The monoisotopic (exact) mass is 286 g/mol. The van der Waals surface area contributed by atoms with E-state index in [1.54, 1.807) is 4.68 Å². The maximum Gasteiger partial charge on any atom is 0.126 e. The summed E-state index contributed by atoms with van der Waals surface area (Å²) < 4.78 is 28.2. The fraction of sp³-hybridized carbons (Fsp3) is 0.0667. The second-order valence-electron chi connectivity index (χ2n) is 4.59. The van der Waals surface area contributed by atoms with Crippen LogP contribution in [0.1, 0.15) is 17.3 Å². The van der Waals surface area contributed by atoms with Crippen LogP contribution in [-0.4, -0.2) is 15.0 Å². The zero-order chi connectivity index (χ0) is 14.8. The topological polar surface area (TPSA) is 56.7 Å². The van der Waals surface area contributed by atoms with Crippen LogP contribution in [0.4, 0.5) is 8.78 Å². The van der Waals surface area contributed by atoms with Crippen molar-refractivity contribution in [2.45, 2.75) is 6.04 Å². The summed E-state index contributed by atoms with van der Waals surface area (Å²) in [7, 11) is 0. The summed E-state index contributed by atoms with van der Waals surface area (Å²) in [5.74, 6) is -1.33. The Labute approximate surface area is 119 Å². The van der Waals surface area contributed by atoms with Gasteiger partial charge in [-0.15, -0.1) is 5.10 Å². The molecule has 21 heavy (non-hydrogen) atoms. The standard InChI is InChI=1S/C15H12F2N4/c16-11-6-10(7-12(17)8-11)15(18)14-9-19-20-21(14)13-4-2-1-3-5-13/h1-9,15H,18H2. The highest BCUT2D eigenvalue weighted by atomic mass is 19.1. The van der Waals surface area contributed by atoms with Gasteiger partial charge in [-0.1, -0.05) is 23.4 Å². The largest absolute Gasteiger partial charge is 0.319 e. The van der Waals surface area contributed by atoms with Gasteiger partial charge in [0.25, 0.3) is 0 Å². The Morgan fingerprint density at radius 2 is 1.67 bits per heavy atom. The van der Waals surface area contributed by atoms with Gasteiger partial charge in [0, 0.05) is 6.07 Å². The molecule has 1 heterocycles. The molecule has 106 valence electrons. The molecule has 4 nitrogen and oxygen atoms in total. The summed E-state index contributed by atoms with van der Waals surface area (Å²) in [5, 5.41) is 7.81. The number of rotatable bonds is 3. The van der Waals surface area contributed by atoms with Crippen LogP contribution in [0.5, 0.6) is 0 Å². The molecule has 0 aliphatic carbocycles. The molecule has 2 aromatic carbocycles. The number of nitrogens with two attached hydrogens (primary N) is 1. The SMILES string of the molecule is NC(c1cc(F)cc(F)c1)c1cnnn1-c1ccccc1. The molecule has 0 saturated heterocycles. The molecule has 0 aliphatic rings. The van der Waals surface area contributed by atoms with E-state index in [-0.39, 0.29) is 0 Å². The van der Waals surface area contributed by atoms with Gasteiger partial charge in [0.1, 0.15) is 11.6 Å². The van der Waals surface area contributed by atoms with Crippen LogP contribution in [0.15, 0.2) is 54.7 Å². The maximum atomic E-state index is 13.3. The van der Waals surface area contributed by atoms with Gasteiger partial charge in [-0.3, -0.25) is 0 Å². The Kier molecular flexibility index (Phi) is 3.45. The molecule has 6 heteroatoms. The van der Waals surface area contributed by atoms with Gasteiger partial charge >= 0.3 is 0 Å². The lowest BCUT2D eigenvalue weighted by molar-refractivity contribution is 0.576. The molecule has 0 spiro atoms. The van der Waals surface area contributed by atoms with Crippen molar-refractivity contribution >= 4 is 0 Å². The number of aromatic nitrogens is 3. The molecule has 1 atom stereocenters. The molecule has 0 amide bonds. The summed E-state index contributed by atoms with van der Waals surface area (Å²) in [6.07, 6.45) is 1.49. The molecular formula is C15H12F2N4. The molecule has 3 aromatic rings. The summed E-state index contributed by atoms with van der Waals surface area (Å²) in [4.78, 5) is 0. The highest BCUT2D eigenvalue weighted by Crippen LogP contribution is 2.22. The average molecular weight is 286 g/mol. The lowest BCUT2D eigenvalue weighted by Gasteiger charge is -2.14. The molecule has 0 bridgehead atoms. The minimum Gasteiger partial charge on any atom is -0.319 e. The number of benzene rings is 2. The van der Waals surface area contributed by atoms with E-state index in [1.807, 2.05) is 30.3 Å². The van der Waals surface area contributed by atoms with Crippen LogP contribution in [0.25, 0.3) is 5.69 Å². The van der Waals surface area contributed by atoms with Crippen molar-refractivity contribution < 1.29 is 8.78 Å². The number of nitrogens with zero attached hydrogens (tertiary/aromatic N) is 3. The van der Waals surface area contributed by atoms with Crippen LogP contribution in [0, 0.1) is 11.6 Å². The fourth-order valence-electron chi connectivity index (χ4n) is 2.15. The zero-order valence-corrected chi connectivity index (χ0v) is 10.9. The van der Waals surface area contributed by atoms with E-state index in [2.05, 4.69) is 10.3 Å². The second kappa shape index (κ2) is 5.41. The Morgan fingerprint density at radius 3 is 2.33 bits per heavy atom. The van der Waals surface area contributed by atoms with Crippen LogP contribution in [-0.2, 0) is 0 Å². The van der Waals surface area contributed by atoms with Crippen molar-refractivity contribution in [1.29, 1.82) is 0 Å². The Morgan fingerprint density at radius 1 is 1.00 bits per heavy atom. The zero-order valence-electron chi connectivity index (χ0n) is 10.9. The summed E-state index contributed by atoms with van der Waals surface area (Å²) in [5.41, 5.74) is 7.75. The first-order valence-electron chi connectivity index (χ1n) is 6.33. The normalized spacial score (nSPS) is 12.3. The first-order chi connectivity index (χ1) is 10.1. The van der Waals surface area contributed by atoms with Crippen LogP contribution < -0.4 is 5.73 Å². The third kappa shape index (κ3) is 2.66. The third-order valence-electron chi connectivity index (χ3n) is 3.14. The molecular weight excluding hydrogens is 274 g/mol. The smallest absolute Gasteiger partial charge is 0.126 e. The predicted octanol–water partition coefficient (Wildman–Crippen LogP) is 2.59. The summed E-state index contributed by atoms with van der Waals surface area (Å²) in [6, 6.07) is 11.8. The predicted molar refractivity (Wildman–Crippen MR) is 73.7 cm³/mol. The van der Waals surface area contributed by atoms with Crippen LogP contribution in [0.2, 0.25) is 0 Å². The lowest BCUT2D eigenvalue weighted by atomic mass is 10.0. The Bertz CT molecular complexity index is 735. The molecule has 0 aliphatic heterocycles. The van der Waals surface area contributed by atoms with Crippen molar-refractivity contribution in [1.82, 2.24) is 15.0 Å². The molecule has 2 N–H and O–H groups in total. The van der Waals surface area contributed by atoms with Gasteiger partial charge in [0.2, 0.25) is 0 Å². The summed E-state index contributed by atoms with van der Waals surface area (Å²) in [6.45, 7) is 0. The third-order valence-corrected chi connectivity index (χ3v) is 3.14. The number of para-hydroxylation sites is 1. The lowest BCUT2D eigenvalue weighted by Crippen LogP contribution is -2.17. The average Bonchev–Trinajstić information content (AvgIpc) is 2.95. The van der Waals surface area contributed by atoms with Crippen molar-refractivity contribution in [3.05, 3.63) is 77.6 Å².